The first-order valence-corrected chi connectivity index (χ1v) is 9.85. The minimum Gasteiger partial charge on any atom is -0.446 e. The molecule has 0 fully saturated rings. The number of fused-ring (bicyclic) bond motifs is 1. The molecule has 0 unspecified atom stereocenters. The number of rotatable bonds is 6. The number of thioether (sulfide) groups is 1. The first-order chi connectivity index (χ1) is 13.0. The Morgan fingerprint density at radius 1 is 1.22 bits per heavy atom. The normalized spacial score (nSPS) is 10.8. The summed E-state index contributed by atoms with van der Waals surface area (Å²) in [7, 11) is 0. The van der Waals surface area contributed by atoms with Crippen LogP contribution in [0.2, 0.25) is 5.02 Å². The molecule has 3 rings (SSSR count). The molecule has 5 nitrogen and oxygen atoms in total. The van der Waals surface area contributed by atoms with Crippen molar-refractivity contribution in [3.63, 3.8) is 0 Å². The molecule has 1 N–H and O–H groups in total. The summed E-state index contributed by atoms with van der Waals surface area (Å²) in [5, 5.41) is 4.14. The number of carbonyl (C=O) groups excluding carboxylic acids is 1. The fourth-order valence-electron chi connectivity index (χ4n) is 2.62. The minimum atomic E-state index is -0.564. The van der Waals surface area contributed by atoms with Crippen LogP contribution in [0.25, 0.3) is 11.0 Å². The van der Waals surface area contributed by atoms with Crippen LogP contribution in [-0.2, 0) is 0 Å². The first-order valence-electron chi connectivity index (χ1n) is 8.48. The molecule has 140 valence electrons. The molecule has 0 saturated carbocycles. The average molecular weight is 404 g/mol. The van der Waals surface area contributed by atoms with Gasteiger partial charge < -0.3 is 14.5 Å². The lowest BCUT2D eigenvalue weighted by Gasteiger charge is -2.12. The van der Waals surface area contributed by atoms with Crippen LogP contribution in [0.4, 0.5) is 5.69 Å². The molecule has 1 aromatic heterocycles. The number of nitrogens with one attached hydrogen (secondary N) is 1. The van der Waals surface area contributed by atoms with Crippen molar-refractivity contribution in [2.24, 2.45) is 0 Å². The molecular formula is C20H18ClNO4S. The Hall–Kier alpha value is -2.44. The number of anilines is 1. The molecule has 7 heteroatoms. The van der Waals surface area contributed by atoms with E-state index in [1.54, 1.807) is 18.2 Å². The van der Waals surface area contributed by atoms with Crippen molar-refractivity contribution in [1.29, 1.82) is 0 Å². The number of ether oxygens (including phenoxy) is 1. The maximum absolute atomic E-state index is 12.7. The molecular weight excluding hydrogens is 386 g/mol. The van der Waals surface area contributed by atoms with Crippen LogP contribution in [-0.4, -0.2) is 18.3 Å². The molecule has 0 atom stereocenters. The van der Waals surface area contributed by atoms with Crippen LogP contribution in [0, 0.1) is 0 Å². The zero-order valence-electron chi connectivity index (χ0n) is 14.9. The minimum absolute atomic E-state index is 0.115. The number of hydrogen-bond acceptors (Lipinski definition) is 6. The maximum atomic E-state index is 12.7. The highest BCUT2D eigenvalue weighted by atomic mass is 35.5. The quantitative estimate of drug-likeness (QED) is 0.346. The monoisotopic (exact) mass is 403 g/mol. The summed E-state index contributed by atoms with van der Waals surface area (Å²) in [6.45, 7) is 4.56. The van der Waals surface area contributed by atoms with E-state index in [1.807, 2.05) is 19.9 Å². The van der Waals surface area contributed by atoms with Gasteiger partial charge in [-0.25, -0.2) is 4.79 Å². The van der Waals surface area contributed by atoms with E-state index in [9.17, 15) is 9.59 Å². The fourth-order valence-corrected chi connectivity index (χ4v) is 3.45. The topological polar surface area (TPSA) is 68.5 Å². The SMILES string of the molecule is CCNc1ccccc1C(=O)Oc1cc(Cl)cc2c(=O)cc(SCC)oc12. The van der Waals surface area contributed by atoms with E-state index < -0.39 is 5.97 Å². The van der Waals surface area contributed by atoms with Gasteiger partial charge in [0.05, 0.1) is 10.9 Å². The lowest BCUT2D eigenvalue weighted by Crippen LogP contribution is -2.13. The third kappa shape index (κ3) is 4.28. The van der Waals surface area contributed by atoms with Gasteiger partial charge in [-0.3, -0.25) is 4.79 Å². The summed E-state index contributed by atoms with van der Waals surface area (Å²) in [4.78, 5) is 25.1. The Balaban J connectivity index is 2.06. The standard InChI is InChI=1S/C20H18ClNO4S/c1-3-22-15-8-6-5-7-13(15)20(24)25-17-10-12(21)9-14-16(23)11-18(27-4-2)26-19(14)17/h5-11,22H,3-4H2,1-2H3. The second-order valence-corrected chi connectivity index (χ2v) is 7.31. The summed E-state index contributed by atoms with van der Waals surface area (Å²) >= 11 is 7.51. The molecule has 0 aliphatic rings. The number of hydrogen-bond donors (Lipinski definition) is 1. The molecule has 0 spiro atoms. The van der Waals surface area contributed by atoms with Gasteiger partial charge in [-0.2, -0.15) is 0 Å². The second-order valence-electron chi connectivity index (χ2n) is 5.61. The van der Waals surface area contributed by atoms with Gasteiger partial charge in [0.2, 0.25) is 0 Å². The van der Waals surface area contributed by atoms with Crippen LogP contribution >= 0.6 is 23.4 Å². The van der Waals surface area contributed by atoms with Crippen LogP contribution in [0.15, 0.2) is 56.8 Å². The highest BCUT2D eigenvalue weighted by Crippen LogP contribution is 2.32. The van der Waals surface area contributed by atoms with Gasteiger partial charge in [0.15, 0.2) is 21.9 Å². The Morgan fingerprint density at radius 2 is 2.00 bits per heavy atom. The van der Waals surface area contributed by atoms with Crippen molar-refractivity contribution in [3.05, 3.63) is 63.3 Å². The van der Waals surface area contributed by atoms with Gasteiger partial charge >= 0.3 is 5.97 Å². The van der Waals surface area contributed by atoms with E-state index in [0.29, 0.717) is 22.9 Å². The van der Waals surface area contributed by atoms with Crippen molar-refractivity contribution >= 4 is 46.0 Å². The Morgan fingerprint density at radius 3 is 2.74 bits per heavy atom. The first kappa shape index (κ1) is 19.3. The Bertz CT molecular complexity index is 1050. The van der Waals surface area contributed by atoms with Gasteiger partial charge in [0.1, 0.15) is 0 Å². The molecule has 27 heavy (non-hydrogen) atoms. The van der Waals surface area contributed by atoms with Crippen molar-refractivity contribution < 1.29 is 13.9 Å². The van der Waals surface area contributed by atoms with E-state index in [4.69, 9.17) is 20.8 Å². The Kier molecular flexibility index (Phi) is 6.08. The van der Waals surface area contributed by atoms with Crippen LogP contribution in [0.1, 0.15) is 24.2 Å². The molecule has 1 heterocycles. The van der Waals surface area contributed by atoms with Crippen LogP contribution in [0.3, 0.4) is 0 Å². The van der Waals surface area contributed by atoms with Gasteiger partial charge in [-0.05, 0) is 30.9 Å². The molecule has 2 aromatic carbocycles. The largest absolute Gasteiger partial charge is 0.446 e. The fraction of sp³-hybridized carbons (Fsp3) is 0.200. The molecule has 0 saturated heterocycles. The van der Waals surface area contributed by atoms with Crippen molar-refractivity contribution in [3.8, 4) is 5.75 Å². The third-order valence-electron chi connectivity index (χ3n) is 3.74. The lowest BCUT2D eigenvalue weighted by molar-refractivity contribution is 0.0736. The molecule has 0 amide bonds. The van der Waals surface area contributed by atoms with E-state index in [-0.39, 0.29) is 27.2 Å². The van der Waals surface area contributed by atoms with Crippen molar-refractivity contribution in [2.75, 3.05) is 17.6 Å². The Labute approximate surface area is 165 Å². The summed E-state index contributed by atoms with van der Waals surface area (Å²) < 4.78 is 11.4. The molecule has 0 aliphatic heterocycles. The maximum Gasteiger partial charge on any atom is 0.345 e. The highest BCUT2D eigenvalue weighted by Gasteiger charge is 2.18. The molecule has 3 aromatic rings. The van der Waals surface area contributed by atoms with Crippen LogP contribution in [0.5, 0.6) is 5.75 Å². The number of esters is 1. The van der Waals surface area contributed by atoms with E-state index >= 15 is 0 Å². The average Bonchev–Trinajstić information content (AvgIpc) is 2.63. The van der Waals surface area contributed by atoms with Gasteiger partial charge in [0.25, 0.3) is 0 Å². The van der Waals surface area contributed by atoms with Crippen molar-refractivity contribution in [2.45, 2.75) is 18.9 Å². The van der Waals surface area contributed by atoms with Gasteiger partial charge in [-0.1, -0.05) is 42.4 Å². The zero-order chi connectivity index (χ0) is 19.4. The number of carbonyl (C=O) groups is 1. The van der Waals surface area contributed by atoms with E-state index in [2.05, 4.69) is 5.32 Å². The zero-order valence-corrected chi connectivity index (χ0v) is 16.4. The van der Waals surface area contributed by atoms with E-state index in [1.165, 1.54) is 30.0 Å². The van der Waals surface area contributed by atoms with Crippen LogP contribution < -0.4 is 15.5 Å². The lowest BCUT2D eigenvalue weighted by atomic mass is 10.1. The number of para-hydroxylation sites is 1. The van der Waals surface area contributed by atoms with Crippen molar-refractivity contribution in [1.82, 2.24) is 0 Å². The molecule has 0 radical (unpaired) electrons. The molecule has 0 bridgehead atoms. The third-order valence-corrected chi connectivity index (χ3v) is 4.73. The predicted octanol–water partition coefficient (Wildman–Crippen LogP) is 5.21. The smallest absolute Gasteiger partial charge is 0.345 e. The second kappa shape index (κ2) is 8.50. The summed E-state index contributed by atoms with van der Waals surface area (Å²) in [6.07, 6.45) is 0. The van der Waals surface area contributed by atoms with Gasteiger partial charge in [-0.15, -0.1) is 0 Å². The van der Waals surface area contributed by atoms with E-state index in [0.717, 1.165) is 5.75 Å². The predicted molar refractivity (Wildman–Crippen MR) is 109 cm³/mol. The molecule has 0 aliphatic carbocycles. The number of halogens is 1. The summed E-state index contributed by atoms with van der Waals surface area (Å²) in [5.74, 6) is 0.295. The summed E-state index contributed by atoms with van der Waals surface area (Å²) in [6, 6.07) is 11.4. The summed E-state index contributed by atoms with van der Waals surface area (Å²) in [5.41, 5.74) is 1.02. The van der Waals surface area contributed by atoms with Gasteiger partial charge in [0, 0.05) is 29.4 Å². The number of benzene rings is 2. The highest BCUT2D eigenvalue weighted by molar-refractivity contribution is 7.99.